The van der Waals surface area contributed by atoms with Gasteiger partial charge in [0, 0.05) is 6.07 Å². The second-order valence-corrected chi connectivity index (χ2v) is 6.99. The molecular formula is C23H20O6S. The largest absolute Gasteiger partial charge is 0.497 e. The van der Waals surface area contributed by atoms with Crippen LogP contribution in [-0.2, 0) is 0 Å². The Kier molecular flexibility index (Phi) is 6.87. The lowest BCUT2D eigenvalue weighted by Gasteiger charge is -2.10. The topological polar surface area (TPSA) is 71.1 Å². The molecule has 0 spiro atoms. The smallest absolute Gasteiger partial charge is 0.353 e. The van der Waals surface area contributed by atoms with Crippen molar-refractivity contribution in [3.05, 3.63) is 76.0 Å². The van der Waals surface area contributed by atoms with Crippen molar-refractivity contribution >= 4 is 29.2 Å². The molecule has 0 saturated heterocycles. The summed E-state index contributed by atoms with van der Waals surface area (Å²) in [5.41, 5.74) is 1.00. The Morgan fingerprint density at radius 3 is 2.33 bits per heavy atom. The average Bonchev–Trinajstić information content (AvgIpc) is 3.32. The Hall–Kier alpha value is -3.58. The molecular weight excluding hydrogens is 404 g/mol. The highest BCUT2D eigenvalue weighted by atomic mass is 32.1. The molecule has 3 rings (SSSR count). The number of hydrogen-bond donors (Lipinski definition) is 0. The fraction of sp³-hybridized carbons (Fsp3) is 0.130. The molecule has 30 heavy (non-hydrogen) atoms. The zero-order chi connectivity index (χ0) is 21.5. The molecule has 2 aromatic carbocycles. The third kappa shape index (κ3) is 4.87. The molecule has 0 N–H and O–H groups in total. The molecule has 0 aliphatic heterocycles. The summed E-state index contributed by atoms with van der Waals surface area (Å²) >= 11 is 1.26. The average molecular weight is 424 g/mol. The van der Waals surface area contributed by atoms with Gasteiger partial charge in [0.15, 0.2) is 17.3 Å². The van der Waals surface area contributed by atoms with Crippen LogP contribution in [0.15, 0.2) is 60.0 Å². The van der Waals surface area contributed by atoms with E-state index in [2.05, 4.69) is 0 Å². The molecule has 0 amide bonds. The van der Waals surface area contributed by atoms with E-state index in [0.717, 1.165) is 5.56 Å². The first-order valence-corrected chi connectivity index (χ1v) is 9.82. The minimum Gasteiger partial charge on any atom is -0.497 e. The molecule has 0 aliphatic rings. The highest BCUT2D eigenvalue weighted by molar-refractivity contribution is 7.12. The molecule has 0 unspecified atom stereocenters. The Bertz CT molecular complexity index is 1070. The number of rotatable bonds is 8. The summed E-state index contributed by atoms with van der Waals surface area (Å²) in [5.74, 6) is 0.915. The van der Waals surface area contributed by atoms with E-state index in [1.54, 1.807) is 68.1 Å². The van der Waals surface area contributed by atoms with Crippen molar-refractivity contribution in [2.75, 3.05) is 21.3 Å². The first kappa shape index (κ1) is 21.1. The van der Waals surface area contributed by atoms with Gasteiger partial charge in [0.2, 0.25) is 0 Å². The summed E-state index contributed by atoms with van der Waals surface area (Å²) in [5, 5.41) is 1.78. The van der Waals surface area contributed by atoms with Gasteiger partial charge < -0.3 is 18.9 Å². The second-order valence-electron chi connectivity index (χ2n) is 6.04. The maximum absolute atomic E-state index is 12.8. The molecule has 1 heterocycles. The van der Waals surface area contributed by atoms with Gasteiger partial charge in [-0.15, -0.1) is 11.3 Å². The van der Waals surface area contributed by atoms with Crippen molar-refractivity contribution < 1.29 is 28.5 Å². The van der Waals surface area contributed by atoms with Crippen molar-refractivity contribution in [3.63, 3.8) is 0 Å². The van der Waals surface area contributed by atoms with Gasteiger partial charge in [0.05, 0.1) is 26.9 Å². The van der Waals surface area contributed by atoms with Gasteiger partial charge in [0.25, 0.3) is 0 Å². The Morgan fingerprint density at radius 2 is 1.67 bits per heavy atom. The minimum atomic E-state index is -0.531. The predicted octanol–water partition coefficient (Wildman–Crippen LogP) is 4.89. The van der Waals surface area contributed by atoms with E-state index in [0.29, 0.717) is 22.1 Å². The van der Waals surface area contributed by atoms with E-state index >= 15 is 0 Å². The Balaban J connectivity index is 1.86. The highest BCUT2D eigenvalue weighted by Gasteiger charge is 2.17. The molecule has 0 fully saturated rings. The summed E-state index contributed by atoms with van der Waals surface area (Å²) in [6.45, 7) is 0. The summed E-state index contributed by atoms with van der Waals surface area (Å²) in [7, 11) is 4.60. The maximum atomic E-state index is 12.8. The van der Waals surface area contributed by atoms with Crippen LogP contribution in [0.5, 0.6) is 23.0 Å². The SMILES string of the molecule is COc1ccc(C(=O)/C=C/c2ccc(OC)c(OC)c2)c(OC(=O)c2cccs2)c1. The molecule has 0 bridgehead atoms. The Morgan fingerprint density at radius 1 is 0.867 bits per heavy atom. The van der Waals surface area contributed by atoms with Gasteiger partial charge in [-0.05, 0) is 47.4 Å². The van der Waals surface area contributed by atoms with E-state index in [1.165, 1.54) is 30.6 Å². The van der Waals surface area contributed by atoms with Crippen LogP contribution >= 0.6 is 11.3 Å². The quantitative estimate of drug-likeness (QED) is 0.222. The zero-order valence-corrected chi connectivity index (χ0v) is 17.5. The third-order valence-electron chi connectivity index (χ3n) is 4.21. The van der Waals surface area contributed by atoms with Crippen LogP contribution in [0.25, 0.3) is 6.08 Å². The van der Waals surface area contributed by atoms with Crippen LogP contribution in [-0.4, -0.2) is 33.1 Å². The molecule has 0 saturated carbocycles. The van der Waals surface area contributed by atoms with Gasteiger partial charge in [-0.1, -0.05) is 18.2 Å². The summed E-state index contributed by atoms with van der Waals surface area (Å²) < 4.78 is 21.2. The first-order valence-electron chi connectivity index (χ1n) is 8.94. The zero-order valence-electron chi connectivity index (χ0n) is 16.7. The van der Waals surface area contributed by atoms with Gasteiger partial charge >= 0.3 is 5.97 Å². The fourth-order valence-corrected chi connectivity index (χ4v) is 3.28. The standard InChI is InChI=1S/C23H20O6S/c1-26-16-8-9-17(20(14-16)29-23(25)22-5-4-12-30-22)18(24)10-6-15-7-11-19(27-2)21(13-15)28-3/h4-14H,1-3H3/b10-6+. The minimum absolute atomic E-state index is 0.134. The third-order valence-corrected chi connectivity index (χ3v) is 5.06. The summed E-state index contributed by atoms with van der Waals surface area (Å²) in [6.07, 6.45) is 3.06. The number of methoxy groups -OCH3 is 3. The molecule has 0 aliphatic carbocycles. The normalized spacial score (nSPS) is 10.6. The number of hydrogen-bond acceptors (Lipinski definition) is 7. The number of carbonyl (C=O) groups is 2. The molecule has 3 aromatic rings. The molecule has 6 nitrogen and oxygen atoms in total. The number of ether oxygens (including phenoxy) is 4. The van der Waals surface area contributed by atoms with Crippen molar-refractivity contribution in [3.8, 4) is 23.0 Å². The highest BCUT2D eigenvalue weighted by Crippen LogP contribution is 2.29. The van der Waals surface area contributed by atoms with E-state index in [-0.39, 0.29) is 17.1 Å². The number of ketones is 1. The van der Waals surface area contributed by atoms with Crippen molar-refractivity contribution in [1.29, 1.82) is 0 Å². The first-order chi connectivity index (χ1) is 14.5. The number of benzene rings is 2. The van der Waals surface area contributed by atoms with E-state index in [4.69, 9.17) is 18.9 Å². The van der Waals surface area contributed by atoms with Crippen LogP contribution < -0.4 is 18.9 Å². The number of carbonyl (C=O) groups excluding carboxylic acids is 2. The van der Waals surface area contributed by atoms with E-state index in [9.17, 15) is 9.59 Å². The predicted molar refractivity (Wildman–Crippen MR) is 115 cm³/mol. The van der Waals surface area contributed by atoms with Crippen molar-refractivity contribution in [2.45, 2.75) is 0 Å². The van der Waals surface area contributed by atoms with Gasteiger partial charge in [0.1, 0.15) is 16.4 Å². The van der Waals surface area contributed by atoms with Gasteiger partial charge in [-0.25, -0.2) is 4.79 Å². The molecule has 1 aromatic heterocycles. The lowest BCUT2D eigenvalue weighted by Crippen LogP contribution is -2.10. The number of allylic oxidation sites excluding steroid dienone is 1. The molecule has 154 valence electrons. The molecule has 0 radical (unpaired) electrons. The summed E-state index contributed by atoms with van der Waals surface area (Å²) in [6, 6.07) is 13.5. The Labute approximate surface area is 178 Å². The number of thiophene rings is 1. The lowest BCUT2D eigenvalue weighted by atomic mass is 10.1. The van der Waals surface area contributed by atoms with Crippen LogP contribution in [0.4, 0.5) is 0 Å². The van der Waals surface area contributed by atoms with Crippen molar-refractivity contribution in [1.82, 2.24) is 0 Å². The maximum Gasteiger partial charge on any atom is 0.353 e. The van der Waals surface area contributed by atoms with Crippen molar-refractivity contribution in [2.24, 2.45) is 0 Å². The lowest BCUT2D eigenvalue weighted by molar-refractivity contribution is 0.0738. The van der Waals surface area contributed by atoms with E-state index in [1.807, 2.05) is 0 Å². The number of esters is 1. The molecule has 0 atom stereocenters. The van der Waals surface area contributed by atoms with Crippen LogP contribution in [0.2, 0.25) is 0 Å². The fourth-order valence-electron chi connectivity index (χ4n) is 2.68. The van der Waals surface area contributed by atoms with Crippen LogP contribution in [0, 0.1) is 0 Å². The van der Waals surface area contributed by atoms with E-state index < -0.39 is 5.97 Å². The molecule has 7 heteroatoms. The van der Waals surface area contributed by atoms with Crippen LogP contribution in [0.1, 0.15) is 25.6 Å². The second kappa shape index (κ2) is 9.76. The monoisotopic (exact) mass is 424 g/mol. The van der Waals surface area contributed by atoms with Crippen LogP contribution in [0.3, 0.4) is 0 Å². The van der Waals surface area contributed by atoms with Gasteiger partial charge in [-0.2, -0.15) is 0 Å². The summed E-state index contributed by atoms with van der Waals surface area (Å²) in [4.78, 5) is 25.6. The van der Waals surface area contributed by atoms with Gasteiger partial charge in [-0.3, -0.25) is 4.79 Å².